The predicted octanol–water partition coefficient (Wildman–Crippen LogP) is 2.28. The van der Waals surface area contributed by atoms with Crippen LogP contribution in [0, 0.1) is 5.92 Å². The number of piperidine rings is 1. The number of nitrogens with zero attached hydrogens (tertiary/aromatic N) is 3. The Balaban J connectivity index is 1.60. The molecule has 7 nitrogen and oxygen atoms in total. The molecule has 2 atom stereocenters. The topological polar surface area (TPSA) is 74.8 Å². The minimum Gasteiger partial charge on any atom is -0.444 e. The van der Waals surface area contributed by atoms with E-state index in [0.717, 1.165) is 18.7 Å². The second-order valence-electron chi connectivity index (χ2n) is 8.48. The van der Waals surface area contributed by atoms with Gasteiger partial charge >= 0.3 is 6.09 Å². The number of hydrogen-bond donors (Lipinski definition) is 1. The summed E-state index contributed by atoms with van der Waals surface area (Å²) in [5, 5.41) is 3.03. The largest absolute Gasteiger partial charge is 0.444 e. The summed E-state index contributed by atoms with van der Waals surface area (Å²) in [6.45, 7) is 6.85. The molecule has 7 heteroatoms. The number of ether oxygens (including phenoxy) is 1. The van der Waals surface area contributed by atoms with E-state index >= 15 is 0 Å². The van der Waals surface area contributed by atoms with E-state index in [-0.39, 0.29) is 17.5 Å². The summed E-state index contributed by atoms with van der Waals surface area (Å²) >= 11 is 0. The first kappa shape index (κ1) is 18.5. The summed E-state index contributed by atoms with van der Waals surface area (Å²) in [5.74, 6) is 1.08. The van der Waals surface area contributed by atoms with Crippen molar-refractivity contribution in [1.82, 2.24) is 15.2 Å². The molecule has 0 spiro atoms. The van der Waals surface area contributed by atoms with E-state index in [1.165, 1.54) is 0 Å². The summed E-state index contributed by atoms with van der Waals surface area (Å²) in [4.78, 5) is 32.9. The van der Waals surface area contributed by atoms with Crippen LogP contribution in [0.4, 0.5) is 10.6 Å². The third-order valence-corrected chi connectivity index (χ3v) is 4.99. The van der Waals surface area contributed by atoms with Crippen LogP contribution in [-0.4, -0.2) is 60.2 Å². The highest BCUT2D eigenvalue weighted by atomic mass is 16.6. The molecule has 0 bridgehead atoms. The molecule has 2 fully saturated rings. The van der Waals surface area contributed by atoms with E-state index in [9.17, 15) is 9.59 Å². The van der Waals surface area contributed by atoms with Gasteiger partial charge in [0.2, 0.25) is 0 Å². The Labute approximate surface area is 154 Å². The van der Waals surface area contributed by atoms with Gasteiger partial charge in [-0.1, -0.05) is 0 Å². The molecule has 2 unspecified atom stereocenters. The van der Waals surface area contributed by atoms with Crippen molar-refractivity contribution in [3.05, 3.63) is 23.9 Å². The van der Waals surface area contributed by atoms with Gasteiger partial charge in [-0.2, -0.15) is 0 Å². The SMILES string of the molecule is CN(C)c1cc(C(=O)N2CCC3(NC(=O)OC(C)(C)C)CC3C2)ccn1. The Hall–Kier alpha value is -2.31. The molecule has 3 rings (SSSR count). The van der Waals surface area contributed by atoms with Crippen LogP contribution in [0.1, 0.15) is 44.0 Å². The number of amides is 2. The van der Waals surface area contributed by atoms with E-state index in [1.807, 2.05) is 50.7 Å². The van der Waals surface area contributed by atoms with Crippen LogP contribution in [0.5, 0.6) is 0 Å². The van der Waals surface area contributed by atoms with E-state index < -0.39 is 5.60 Å². The Morgan fingerprint density at radius 2 is 2.12 bits per heavy atom. The number of nitrogens with one attached hydrogen (secondary N) is 1. The quantitative estimate of drug-likeness (QED) is 0.895. The summed E-state index contributed by atoms with van der Waals surface area (Å²) in [5.41, 5.74) is -0.0590. The lowest BCUT2D eigenvalue weighted by molar-refractivity contribution is 0.0462. The lowest BCUT2D eigenvalue weighted by Crippen LogP contribution is -2.49. The Bertz CT molecular complexity index is 713. The fraction of sp³-hybridized carbons (Fsp3) is 0.632. The normalized spacial score (nSPS) is 24.5. The maximum Gasteiger partial charge on any atom is 0.408 e. The average molecular weight is 360 g/mol. The standard InChI is InChI=1S/C19H28N4O3/c1-18(2,3)26-17(25)21-19-7-9-23(12-14(19)11-19)16(24)13-6-8-20-15(10-13)22(4)5/h6,8,10,14H,7,9,11-12H2,1-5H3,(H,21,25). The smallest absolute Gasteiger partial charge is 0.408 e. The van der Waals surface area contributed by atoms with Crippen LogP contribution in [-0.2, 0) is 4.74 Å². The number of carbonyl (C=O) groups excluding carboxylic acids is 2. The number of carbonyl (C=O) groups is 2. The van der Waals surface area contributed by atoms with Crippen molar-refractivity contribution < 1.29 is 14.3 Å². The van der Waals surface area contributed by atoms with Gasteiger partial charge in [-0.3, -0.25) is 4.79 Å². The Morgan fingerprint density at radius 3 is 2.73 bits per heavy atom. The number of fused-ring (bicyclic) bond motifs is 1. The van der Waals surface area contributed by atoms with Crippen LogP contribution in [0.3, 0.4) is 0 Å². The molecule has 1 aliphatic heterocycles. The molecule has 1 aromatic heterocycles. The molecular weight excluding hydrogens is 332 g/mol. The Morgan fingerprint density at radius 1 is 1.38 bits per heavy atom. The first-order valence-electron chi connectivity index (χ1n) is 9.03. The number of likely N-dealkylation sites (tertiary alicyclic amines) is 1. The number of anilines is 1. The van der Waals surface area contributed by atoms with E-state index in [4.69, 9.17) is 4.74 Å². The van der Waals surface area contributed by atoms with E-state index in [0.29, 0.717) is 24.6 Å². The molecule has 0 aromatic carbocycles. The van der Waals surface area contributed by atoms with Gasteiger partial charge in [0.05, 0.1) is 5.54 Å². The number of rotatable bonds is 3. The fourth-order valence-corrected chi connectivity index (χ4v) is 3.50. The van der Waals surface area contributed by atoms with Gasteiger partial charge in [0.25, 0.3) is 5.91 Å². The molecule has 2 heterocycles. The fourth-order valence-electron chi connectivity index (χ4n) is 3.50. The van der Waals surface area contributed by atoms with Crippen molar-refractivity contribution >= 4 is 17.8 Å². The first-order valence-corrected chi connectivity index (χ1v) is 9.03. The lowest BCUT2D eigenvalue weighted by atomic mass is 10.0. The van der Waals surface area contributed by atoms with Crippen molar-refractivity contribution in [2.75, 3.05) is 32.1 Å². The zero-order valence-electron chi connectivity index (χ0n) is 16.2. The molecule has 26 heavy (non-hydrogen) atoms. The van der Waals surface area contributed by atoms with Crippen LogP contribution in [0.25, 0.3) is 0 Å². The minimum atomic E-state index is -0.507. The molecular formula is C19H28N4O3. The van der Waals surface area contributed by atoms with E-state index in [1.54, 1.807) is 12.3 Å². The van der Waals surface area contributed by atoms with Crippen molar-refractivity contribution in [2.45, 2.75) is 44.8 Å². The van der Waals surface area contributed by atoms with Crippen molar-refractivity contribution in [3.63, 3.8) is 0 Å². The molecule has 1 N–H and O–H groups in total. The third kappa shape index (κ3) is 3.92. The van der Waals surface area contributed by atoms with Gasteiger partial charge in [-0.05, 0) is 45.7 Å². The van der Waals surface area contributed by atoms with Gasteiger partial charge in [-0.15, -0.1) is 0 Å². The van der Waals surface area contributed by atoms with Gasteiger partial charge in [0, 0.05) is 44.9 Å². The second kappa shape index (κ2) is 6.45. The molecule has 2 aliphatic rings. The summed E-state index contributed by atoms with van der Waals surface area (Å²) < 4.78 is 5.37. The van der Waals surface area contributed by atoms with Crippen LogP contribution in [0.15, 0.2) is 18.3 Å². The average Bonchev–Trinajstić information content (AvgIpc) is 3.24. The molecule has 142 valence electrons. The zero-order valence-corrected chi connectivity index (χ0v) is 16.2. The number of pyridine rings is 1. The number of aromatic nitrogens is 1. The van der Waals surface area contributed by atoms with Gasteiger partial charge < -0.3 is 19.9 Å². The maximum absolute atomic E-state index is 12.8. The summed E-state index contributed by atoms with van der Waals surface area (Å²) in [6, 6.07) is 3.57. The first-order chi connectivity index (χ1) is 12.1. The highest BCUT2D eigenvalue weighted by Gasteiger charge is 2.58. The monoisotopic (exact) mass is 360 g/mol. The third-order valence-electron chi connectivity index (χ3n) is 4.99. The van der Waals surface area contributed by atoms with E-state index in [2.05, 4.69) is 10.3 Å². The molecule has 1 aliphatic carbocycles. The highest BCUT2D eigenvalue weighted by Crippen LogP contribution is 2.49. The van der Waals surface area contributed by atoms with Crippen LogP contribution in [0.2, 0.25) is 0 Å². The van der Waals surface area contributed by atoms with Crippen molar-refractivity contribution in [1.29, 1.82) is 0 Å². The number of hydrogen-bond acceptors (Lipinski definition) is 5. The van der Waals surface area contributed by atoms with Crippen LogP contribution < -0.4 is 10.2 Å². The molecule has 1 saturated carbocycles. The highest BCUT2D eigenvalue weighted by molar-refractivity contribution is 5.95. The van der Waals surface area contributed by atoms with Gasteiger partial charge in [-0.25, -0.2) is 9.78 Å². The molecule has 1 saturated heterocycles. The molecule has 2 amide bonds. The predicted molar refractivity (Wildman–Crippen MR) is 99.3 cm³/mol. The lowest BCUT2D eigenvalue weighted by Gasteiger charge is -2.33. The number of alkyl carbamates (subject to hydrolysis) is 1. The van der Waals surface area contributed by atoms with Crippen LogP contribution >= 0.6 is 0 Å². The second-order valence-corrected chi connectivity index (χ2v) is 8.48. The molecule has 1 aromatic rings. The molecule has 0 radical (unpaired) electrons. The van der Waals surface area contributed by atoms with Crippen molar-refractivity contribution in [3.8, 4) is 0 Å². The summed E-state index contributed by atoms with van der Waals surface area (Å²) in [7, 11) is 3.80. The van der Waals surface area contributed by atoms with Crippen molar-refractivity contribution in [2.24, 2.45) is 5.92 Å². The van der Waals surface area contributed by atoms with Gasteiger partial charge in [0.15, 0.2) is 0 Å². The maximum atomic E-state index is 12.8. The Kier molecular flexibility index (Phi) is 4.58. The minimum absolute atomic E-state index is 0.0215. The summed E-state index contributed by atoms with van der Waals surface area (Å²) in [6.07, 6.45) is 2.95. The van der Waals surface area contributed by atoms with Gasteiger partial charge in [0.1, 0.15) is 11.4 Å². The zero-order chi connectivity index (χ0) is 19.1.